The van der Waals surface area contributed by atoms with Gasteiger partial charge in [-0.3, -0.25) is 0 Å². The molecule has 15 heavy (non-hydrogen) atoms. The molecule has 0 aliphatic heterocycles. The maximum Gasteiger partial charge on any atom is 0.130 e. The molecule has 0 aliphatic rings. The summed E-state index contributed by atoms with van der Waals surface area (Å²) in [4.78, 5) is 0. The lowest BCUT2D eigenvalue weighted by molar-refractivity contribution is 0.468. The van der Waals surface area contributed by atoms with Gasteiger partial charge >= 0.3 is 0 Å². The highest BCUT2D eigenvalue weighted by Crippen LogP contribution is 2.23. The summed E-state index contributed by atoms with van der Waals surface area (Å²) in [6.45, 7) is 4.12. The molecule has 0 fully saturated rings. The zero-order valence-electron chi connectivity index (χ0n) is 9.13. The average Bonchev–Trinajstić information content (AvgIpc) is 2.14. The van der Waals surface area contributed by atoms with Crippen molar-refractivity contribution in [3.8, 4) is 0 Å². The Bertz CT molecular complexity index is 303. The van der Waals surface area contributed by atoms with Crippen LogP contribution < -0.4 is 5.73 Å². The monoisotopic (exact) mass is 213 g/mol. The summed E-state index contributed by atoms with van der Waals surface area (Å²) in [6, 6.07) is 3.29. The summed E-state index contributed by atoms with van der Waals surface area (Å²) in [7, 11) is 0. The lowest BCUT2D eigenvalue weighted by Gasteiger charge is -2.14. The van der Waals surface area contributed by atoms with E-state index in [0.717, 1.165) is 6.42 Å². The minimum Gasteiger partial charge on any atom is -0.324 e. The first-order valence-corrected chi connectivity index (χ1v) is 5.22. The smallest absolute Gasteiger partial charge is 0.130 e. The number of hydrogen-bond acceptors (Lipinski definition) is 1. The molecule has 0 aromatic heterocycles. The highest BCUT2D eigenvalue weighted by atomic mass is 19.1. The van der Waals surface area contributed by atoms with Gasteiger partial charge in [0, 0.05) is 11.6 Å². The third-order valence-corrected chi connectivity index (χ3v) is 2.43. The number of benzene rings is 1. The van der Waals surface area contributed by atoms with Gasteiger partial charge in [0.25, 0.3) is 0 Å². The van der Waals surface area contributed by atoms with Gasteiger partial charge in [0.2, 0.25) is 0 Å². The predicted molar refractivity (Wildman–Crippen MR) is 57.4 cm³/mol. The van der Waals surface area contributed by atoms with Gasteiger partial charge in [-0.15, -0.1) is 0 Å². The van der Waals surface area contributed by atoms with Crippen LogP contribution in [0.1, 0.15) is 38.3 Å². The Kier molecular flexibility index (Phi) is 4.21. The van der Waals surface area contributed by atoms with Crippen molar-refractivity contribution in [3.63, 3.8) is 0 Å². The van der Waals surface area contributed by atoms with Crippen molar-refractivity contribution in [2.75, 3.05) is 0 Å². The van der Waals surface area contributed by atoms with Crippen molar-refractivity contribution in [2.45, 2.75) is 32.7 Å². The van der Waals surface area contributed by atoms with Crippen molar-refractivity contribution >= 4 is 0 Å². The summed E-state index contributed by atoms with van der Waals surface area (Å²) in [5.41, 5.74) is 5.78. The Hall–Kier alpha value is -0.960. The number of nitrogens with two attached hydrogens (primary N) is 1. The van der Waals surface area contributed by atoms with E-state index in [-0.39, 0.29) is 5.56 Å². The van der Waals surface area contributed by atoms with Crippen molar-refractivity contribution in [2.24, 2.45) is 11.7 Å². The molecule has 84 valence electrons. The quantitative estimate of drug-likeness (QED) is 0.815. The van der Waals surface area contributed by atoms with Crippen molar-refractivity contribution in [1.29, 1.82) is 0 Å². The summed E-state index contributed by atoms with van der Waals surface area (Å²) in [5.74, 6) is -0.608. The molecule has 0 saturated heterocycles. The van der Waals surface area contributed by atoms with Crippen LogP contribution in [0.4, 0.5) is 8.78 Å². The van der Waals surface area contributed by atoms with Crippen LogP contribution in [0, 0.1) is 17.6 Å². The molecule has 1 nitrogen and oxygen atoms in total. The fraction of sp³-hybridized carbons (Fsp3) is 0.500. The minimum absolute atomic E-state index is 0.0122. The minimum atomic E-state index is -0.550. The fourth-order valence-electron chi connectivity index (χ4n) is 1.52. The van der Waals surface area contributed by atoms with Crippen molar-refractivity contribution in [1.82, 2.24) is 0 Å². The molecule has 0 bridgehead atoms. The molecular formula is C12H17F2N. The summed E-state index contributed by atoms with van der Waals surface area (Å²) in [6.07, 6.45) is 1.48. The first kappa shape index (κ1) is 12.1. The van der Waals surface area contributed by atoms with Gasteiger partial charge in [-0.25, -0.2) is 8.78 Å². The SMILES string of the molecule is CC(C)CC[C@@H](N)c1c(F)cccc1F. The van der Waals surface area contributed by atoms with Gasteiger partial charge in [-0.05, 0) is 30.9 Å². The van der Waals surface area contributed by atoms with Gasteiger partial charge in [0.15, 0.2) is 0 Å². The highest BCUT2D eigenvalue weighted by molar-refractivity contribution is 5.22. The van der Waals surface area contributed by atoms with Crippen LogP contribution in [0.15, 0.2) is 18.2 Å². The van der Waals surface area contributed by atoms with Crippen LogP contribution in [0.25, 0.3) is 0 Å². The molecule has 0 amide bonds. The van der Waals surface area contributed by atoms with E-state index in [9.17, 15) is 8.78 Å². The van der Waals surface area contributed by atoms with Crippen LogP contribution >= 0.6 is 0 Å². The molecule has 0 spiro atoms. The molecule has 1 aromatic carbocycles. The zero-order chi connectivity index (χ0) is 11.4. The van der Waals surface area contributed by atoms with E-state index in [1.165, 1.54) is 18.2 Å². The molecule has 1 rings (SSSR count). The van der Waals surface area contributed by atoms with E-state index < -0.39 is 17.7 Å². The van der Waals surface area contributed by atoms with Gasteiger partial charge in [-0.1, -0.05) is 19.9 Å². The predicted octanol–water partition coefficient (Wildman–Crippen LogP) is 3.40. The maximum atomic E-state index is 13.3. The molecule has 1 atom stereocenters. The largest absolute Gasteiger partial charge is 0.324 e. The van der Waals surface area contributed by atoms with E-state index >= 15 is 0 Å². The van der Waals surface area contributed by atoms with E-state index in [0.29, 0.717) is 12.3 Å². The summed E-state index contributed by atoms with van der Waals surface area (Å²) >= 11 is 0. The van der Waals surface area contributed by atoms with Crippen molar-refractivity contribution < 1.29 is 8.78 Å². The standard InChI is InChI=1S/C12H17F2N/c1-8(2)6-7-11(15)12-9(13)4-3-5-10(12)14/h3-5,8,11H,6-7,15H2,1-2H3/t11-/m1/s1. The normalized spacial score (nSPS) is 13.2. The lowest BCUT2D eigenvalue weighted by Crippen LogP contribution is -2.15. The molecule has 1 aromatic rings. The highest BCUT2D eigenvalue weighted by Gasteiger charge is 2.16. The number of halogens is 2. The maximum absolute atomic E-state index is 13.3. The molecule has 0 saturated carbocycles. The zero-order valence-corrected chi connectivity index (χ0v) is 9.13. The molecule has 0 unspecified atom stereocenters. The molecular weight excluding hydrogens is 196 g/mol. The van der Waals surface area contributed by atoms with Crippen LogP contribution in [-0.4, -0.2) is 0 Å². The van der Waals surface area contributed by atoms with Gasteiger partial charge in [0.1, 0.15) is 11.6 Å². The number of hydrogen-bond donors (Lipinski definition) is 1. The third-order valence-electron chi connectivity index (χ3n) is 2.43. The summed E-state index contributed by atoms with van der Waals surface area (Å²) in [5, 5.41) is 0. The Balaban J connectivity index is 2.77. The summed E-state index contributed by atoms with van der Waals surface area (Å²) < 4.78 is 26.6. The van der Waals surface area contributed by atoms with E-state index in [4.69, 9.17) is 5.73 Å². The van der Waals surface area contributed by atoms with E-state index in [1.807, 2.05) is 0 Å². The molecule has 2 N–H and O–H groups in total. The van der Waals surface area contributed by atoms with Crippen LogP contribution in [0.5, 0.6) is 0 Å². The van der Waals surface area contributed by atoms with Crippen LogP contribution in [-0.2, 0) is 0 Å². The Morgan fingerprint density at radius 1 is 1.13 bits per heavy atom. The van der Waals surface area contributed by atoms with Gasteiger partial charge in [-0.2, -0.15) is 0 Å². The average molecular weight is 213 g/mol. The van der Waals surface area contributed by atoms with E-state index in [1.54, 1.807) is 0 Å². The second-order valence-corrected chi connectivity index (χ2v) is 4.21. The lowest BCUT2D eigenvalue weighted by atomic mass is 9.97. The van der Waals surface area contributed by atoms with Crippen molar-refractivity contribution in [3.05, 3.63) is 35.4 Å². The van der Waals surface area contributed by atoms with E-state index in [2.05, 4.69) is 13.8 Å². The third kappa shape index (κ3) is 3.27. The molecule has 0 radical (unpaired) electrons. The van der Waals surface area contributed by atoms with Crippen LogP contribution in [0.2, 0.25) is 0 Å². The Morgan fingerprint density at radius 3 is 2.13 bits per heavy atom. The molecule has 0 heterocycles. The molecule has 0 aliphatic carbocycles. The second-order valence-electron chi connectivity index (χ2n) is 4.21. The van der Waals surface area contributed by atoms with Crippen LogP contribution in [0.3, 0.4) is 0 Å². The first-order valence-electron chi connectivity index (χ1n) is 5.22. The fourth-order valence-corrected chi connectivity index (χ4v) is 1.52. The first-order chi connectivity index (χ1) is 7.02. The number of rotatable bonds is 4. The Labute approximate surface area is 89.3 Å². The van der Waals surface area contributed by atoms with Gasteiger partial charge in [0.05, 0.1) is 0 Å². The Morgan fingerprint density at radius 2 is 1.67 bits per heavy atom. The second kappa shape index (κ2) is 5.21. The van der Waals surface area contributed by atoms with Gasteiger partial charge < -0.3 is 5.73 Å². The topological polar surface area (TPSA) is 26.0 Å². The molecule has 3 heteroatoms.